The van der Waals surface area contributed by atoms with Crippen LogP contribution in [0.1, 0.15) is 0 Å². The first-order valence-corrected chi connectivity index (χ1v) is 5.88. The van der Waals surface area contributed by atoms with Crippen LogP contribution in [0.2, 0.25) is 0 Å². The molecule has 2 aromatic carbocycles. The fourth-order valence-electron chi connectivity index (χ4n) is 1.80. The van der Waals surface area contributed by atoms with E-state index in [9.17, 15) is 13.2 Å². The minimum atomic E-state index is -0.755. The zero-order valence-electron chi connectivity index (χ0n) is 10.5. The maximum absolute atomic E-state index is 13.4. The molecule has 0 fully saturated rings. The van der Waals surface area contributed by atoms with Crippen molar-refractivity contribution in [1.29, 1.82) is 0 Å². The van der Waals surface area contributed by atoms with Gasteiger partial charge in [0.05, 0.1) is 5.69 Å². The maximum atomic E-state index is 13.4. The van der Waals surface area contributed by atoms with Crippen LogP contribution in [-0.2, 0) is 0 Å². The van der Waals surface area contributed by atoms with Crippen LogP contribution >= 0.6 is 0 Å². The number of hydrogen-bond donors (Lipinski definition) is 1. The van der Waals surface area contributed by atoms with E-state index in [1.165, 1.54) is 12.1 Å². The van der Waals surface area contributed by atoms with E-state index < -0.39 is 17.5 Å². The van der Waals surface area contributed by atoms with E-state index in [4.69, 9.17) is 10.3 Å². The normalized spacial score (nSPS) is 10.8. The summed E-state index contributed by atoms with van der Waals surface area (Å²) in [4.78, 5) is 3.99. The molecule has 21 heavy (non-hydrogen) atoms. The minimum Gasteiger partial charge on any atom is -0.396 e. The number of nitrogens with two attached hydrogens (primary N) is 1. The first-order valence-electron chi connectivity index (χ1n) is 5.88. The van der Waals surface area contributed by atoms with Crippen molar-refractivity contribution in [3.63, 3.8) is 0 Å². The molecule has 3 rings (SSSR count). The number of nitrogen functional groups attached to an aromatic ring is 1. The van der Waals surface area contributed by atoms with Crippen molar-refractivity contribution in [3.8, 4) is 22.8 Å². The molecule has 0 atom stereocenters. The van der Waals surface area contributed by atoms with Crippen LogP contribution < -0.4 is 5.73 Å². The molecular weight excluding hydrogens is 283 g/mol. The number of aromatic nitrogens is 2. The van der Waals surface area contributed by atoms with Gasteiger partial charge in [-0.15, -0.1) is 0 Å². The highest BCUT2D eigenvalue weighted by molar-refractivity contribution is 5.61. The van der Waals surface area contributed by atoms with Gasteiger partial charge >= 0.3 is 0 Å². The Balaban J connectivity index is 2.01. The Kier molecular flexibility index (Phi) is 3.09. The van der Waals surface area contributed by atoms with Gasteiger partial charge in [-0.2, -0.15) is 4.98 Å². The van der Waals surface area contributed by atoms with E-state index in [1.807, 2.05) is 0 Å². The third-order valence-electron chi connectivity index (χ3n) is 2.79. The summed E-state index contributed by atoms with van der Waals surface area (Å²) in [6.07, 6.45) is 0. The van der Waals surface area contributed by atoms with E-state index in [0.29, 0.717) is 5.56 Å². The molecule has 0 amide bonds. The molecule has 0 radical (unpaired) electrons. The van der Waals surface area contributed by atoms with Gasteiger partial charge in [-0.05, 0) is 30.3 Å². The summed E-state index contributed by atoms with van der Waals surface area (Å²) in [7, 11) is 0. The average Bonchev–Trinajstić information content (AvgIpc) is 2.90. The lowest BCUT2D eigenvalue weighted by Gasteiger charge is -1.98. The summed E-state index contributed by atoms with van der Waals surface area (Å²) in [5, 5.41) is 3.62. The molecule has 3 aromatic rings. The number of hydrogen-bond acceptors (Lipinski definition) is 4. The SMILES string of the molecule is Nc1ccc(-c2nc(-c3cc(F)cc(F)c3)no2)cc1F. The van der Waals surface area contributed by atoms with Gasteiger partial charge in [-0.25, -0.2) is 13.2 Å². The van der Waals surface area contributed by atoms with Gasteiger partial charge in [0.15, 0.2) is 0 Å². The molecule has 1 aromatic heterocycles. The quantitative estimate of drug-likeness (QED) is 0.735. The molecule has 2 N–H and O–H groups in total. The molecule has 0 spiro atoms. The third kappa shape index (κ3) is 2.58. The molecule has 0 bridgehead atoms. The molecule has 0 aliphatic carbocycles. The standard InChI is InChI=1S/C14H8F3N3O/c15-9-3-8(4-10(16)6-9)13-19-14(21-20-13)7-1-2-12(18)11(17)5-7/h1-6H,18H2. The van der Waals surface area contributed by atoms with Gasteiger partial charge in [0.2, 0.25) is 5.82 Å². The van der Waals surface area contributed by atoms with Crippen LogP contribution in [0, 0.1) is 17.5 Å². The number of halogens is 3. The molecule has 0 saturated carbocycles. The van der Waals surface area contributed by atoms with Crippen molar-refractivity contribution >= 4 is 5.69 Å². The topological polar surface area (TPSA) is 64.9 Å². The fourth-order valence-corrected chi connectivity index (χ4v) is 1.80. The number of benzene rings is 2. The van der Waals surface area contributed by atoms with Crippen molar-refractivity contribution in [2.24, 2.45) is 0 Å². The first kappa shape index (κ1) is 13.2. The zero-order valence-corrected chi connectivity index (χ0v) is 10.5. The van der Waals surface area contributed by atoms with E-state index in [0.717, 1.165) is 24.3 Å². The van der Waals surface area contributed by atoms with Crippen LogP contribution in [0.5, 0.6) is 0 Å². The second kappa shape index (κ2) is 4.93. The van der Waals surface area contributed by atoms with Crippen molar-refractivity contribution in [1.82, 2.24) is 10.1 Å². The second-order valence-corrected chi connectivity index (χ2v) is 4.32. The van der Waals surface area contributed by atoms with E-state index in [-0.39, 0.29) is 23.0 Å². The number of anilines is 1. The summed E-state index contributed by atoms with van der Waals surface area (Å²) >= 11 is 0. The van der Waals surface area contributed by atoms with Gasteiger partial charge in [-0.3, -0.25) is 0 Å². The highest BCUT2D eigenvalue weighted by atomic mass is 19.1. The second-order valence-electron chi connectivity index (χ2n) is 4.32. The lowest BCUT2D eigenvalue weighted by atomic mass is 10.2. The molecule has 106 valence electrons. The Morgan fingerprint density at radius 2 is 1.62 bits per heavy atom. The van der Waals surface area contributed by atoms with E-state index in [1.54, 1.807) is 0 Å². The Hall–Kier alpha value is -2.83. The maximum Gasteiger partial charge on any atom is 0.258 e. The molecule has 1 heterocycles. The summed E-state index contributed by atoms with van der Waals surface area (Å²) in [6.45, 7) is 0. The highest BCUT2D eigenvalue weighted by Gasteiger charge is 2.13. The molecule has 0 aliphatic rings. The Morgan fingerprint density at radius 1 is 0.905 bits per heavy atom. The Labute approximate surface area is 117 Å². The van der Waals surface area contributed by atoms with Crippen molar-refractivity contribution in [2.75, 3.05) is 5.73 Å². The smallest absolute Gasteiger partial charge is 0.258 e. The lowest BCUT2D eigenvalue weighted by Crippen LogP contribution is -1.90. The van der Waals surface area contributed by atoms with Crippen LogP contribution in [-0.4, -0.2) is 10.1 Å². The van der Waals surface area contributed by atoms with E-state index >= 15 is 0 Å². The minimum absolute atomic E-state index is 0.000586. The number of nitrogens with zero attached hydrogens (tertiary/aromatic N) is 2. The zero-order chi connectivity index (χ0) is 15.0. The van der Waals surface area contributed by atoms with Crippen LogP contribution in [0.15, 0.2) is 40.9 Å². The van der Waals surface area contributed by atoms with Crippen molar-refractivity contribution in [2.45, 2.75) is 0 Å². The average molecular weight is 291 g/mol. The van der Waals surface area contributed by atoms with Gasteiger partial charge in [0.1, 0.15) is 17.5 Å². The molecular formula is C14H8F3N3O. The number of rotatable bonds is 2. The monoisotopic (exact) mass is 291 g/mol. The van der Waals surface area contributed by atoms with Crippen molar-refractivity contribution < 1.29 is 17.7 Å². The van der Waals surface area contributed by atoms with E-state index in [2.05, 4.69) is 10.1 Å². The van der Waals surface area contributed by atoms with Gasteiger partial charge in [-0.1, -0.05) is 5.16 Å². The van der Waals surface area contributed by atoms with Crippen molar-refractivity contribution in [3.05, 3.63) is 53.8 Å². The summed E-state index contributed by atoms with van der Waals surface area (Å²) < 4.78 is 44.7. The Bertz CT molecular complexity index is 797. The molecule has 7 heteroatoms. The van der Waals surface area contributed by atoms with Gasteiger partial charge in [0.25, 0.3) is 5.89 Å². The predicted octanol–water partition coefficient (Wildman–Crippen LogP) is 3.40. The van der Waals surface area contributed by atoms with Crippen LogP contribution in [0.25, 0.3) is 22.8 Å². The molecule has 4 nitrogen and oxygen atoms in total. The third-order valence-corrected chi connectivity index (χ3v) is 2.79. The van der Waals surface area contributed by atoms with Crippen LogP contribution in [0.3, 0.4) is 0 Å². The Morgan fingerprint density at radius 3 is 2.29 bits per heavy atom. The highest BCUT2D eigenvalue weighted by Crippen LogP contribution is 2.25. The molecule has 0 unspecified atom stereocenters. The summed E-state index contributed by atoms with van der Waals surface area (Å²) in [6, 6.07) is 6.87. The largest absolute Gasteiger partial charge is 0.396 e. The lowest BCUT2D eigenvalue weighted by molar-refractivity contribution is 0.432. The predicted molar refractivity (Wildman–Crippen MR) is 69.5 cm³/mol. The van der Waals surface area contributed by atoms with Gasteiger partial charge < -0.3 is 10.3 Å². The molecule has 0 saturated heterocycles. The molecule has 0 aliphatic heterocycles. The fraction of sp³-hybridized carbons (Fsp3) is 0. The first-order chi connectivity index (χ1) is 10.0. The van der Waals surface area contributed by atoms with Crippen LogP contribution in [0.4, 0.5) is 18.9 Å². The summed E-state index contributed by atoms with van der Waals surface area (Å²) in [5.41, 5.74) is 5.80. The summed E-state index contributed by atoms with van der Waals surface area (Å²) in [5.74, 6) is -2.11. The van der Waals surface area contributed by atoms with Gasteiger partial charge in [0, 0.05) is 17.2 Å².